The number of unbranched alkanes of at least 4 members (excludes halogenated alkanes) is 35. The van der Waals surface area contributed by atoms with E-state index in [0.29, 0.717) is 12.8 Å². The van der Waals surface area contributed by atoms with Gasteiger partial charge in [0.15, 0.2) is 18.9 Å². The topological polar surface area (TPSA) is 307 Å². The maximum absolute atomic E-state index is 13.5. The van der Waals surface area contributed by atoms with Gasteiger partial charge < -0.3 is 89.9 Å². The second kappa shape index (κ2) is 56.5. The van der Waals surface area contributed by atoms with Crippen LogP contribution in [-0.4, -0.2) is 193 Å². The molecule has 3 heterocycles. The van der Waals surface area contributed by atoms with Crippen molar-refractivity contribution < 1.29 is 89.4 Å². The van der Waals surface area contributed by atoms with Crippen molar-refractivity contribution >= 4 is 5.91 Å². The number of ether oxygens (including phenoxy) is 6. The molecule has 17 unspecified atom stereocenters. The summed E-state index contributed by atoms with van der Waals surface area (Å²) < 4.78 is 34.5. The number of amides is 1. The van der Waals surface area contributed by atoms with E-state index in [9.17, 15) is 61.0 Å². The number of allylic oxidation sites excluding steroid dienone is 8. The molecule has 1 amide bonds. The van der Waals surface area contributed by atoms with Crippen molar-refractivity contribution in [1.29, 1.82) is 0 Å². The molecule has 17 atom stereocenters. The van der Waals surface area contributed by atoms with Crippen LogP contribution in [-0.2, 0) is 33.2 Å². The summed E-state index contributed by atoms with van der Waals surface area (Å²) in [5.41, 5.74) is 0. The molecule has 0 aliphatic carbocycles. The molecule has 0 bridgehead atoms. The van der Waals surface area contributed by atoms with Crippen LogP contribution in [0, 0.1) is 0 Å². The van der Waals surface area contributed by atoms with Crippen molar-refractivity contribution in [2.45, 2.75) is 394 Å². The van der Waals surface area contributed by atoms with Gasteiger partial charge in [0, 0.05) is 6.42 Å². The Morgan fingerprint density at radius 3 is 1.15 bits per heavy atom. The monoisotopic (exact) mass is 1340 g/mol. The third-order valence-corrected chi connectivity index (χ3v) is 18.9. The normalized spacial score (nSPS) is 27.6. The van der Waals surface area contributed by atoms with Gasteiger partial charge in [-0.2, -0.15) is 0 Å². The number of aliphatic hydroxyl groups excluding tert-OH is 11. The highest BCUT2D eigenvalue weighted by molar-refractivity contribution is 5.76. The van der Waals surface area contributed by atoms with Crippen molar-refractivity contribution in [3.63, 3.8) is 0 Å². The van der Waals surface area contributed by atoms with Crippen LogP contribution >= 0.6 is 0 Å². The first kappa shape index (κ1) is 86.0. The molecule has 12 N–H and O–H groups in total. The summed E-state index contributed by atoms with van der Waals surface area (Å²) in [7, 11) is 0. The maximum Gasteiger partial charge on any atom is 0.220 e. The summed E-state index contributed by atoms with van der Waals surface area (Å²) in [5.74, 6) is -0.240. The summed E-state index contributed by atoms with van der Waals surface area (Å²) >= 11 is 0. The maximum atomic E-state index is 13.5. The number of nitrogens with one attached hydrogen (secondary N) is 1. The molecule has 3 rings (SSSR count). The number of hydrogen-bond donors (Lipinski definition) is 12. The predicted molar refractivity (Wildman–Crippen MR) is 369 cm³/mol. The standard InChI is InChI=1S/C75H137NO18/c1-3-5-7-9-11-13-15-17-19-21-23-25-26-27-28-29-30-31-32-33-35-37-39-41-43-45-47-49-51-53-63(81)76-58(59(80)52-50-48-46-44-42-40-38-36-34-24-22-20-18-16-14-12-10-8-6-4-2)57-89-73-69(87)66(84)71(61(55-78)91-73)94-75-70(88)67(85)72(62(56-79)92-75)93-74-68(86)65(83)64(82)60(54-77)90-74/h5,7,11,13,17,19,23,25,58-62,64-75,77-80,82-88H,3-4,6,8-10,12,14-16,18,20-22,24,26-57H2,1-2H3,(H,76,81)/b7-5-,13-11-,19-17-,25-23-. The van der Waals surface area contributed by atoms with Crippen LogP contribution in [0.25, 0.3) is 0 Å². The van der Waals surface area contributed by atoms with Gasteiger partial charge in [-0.3, -0.25) is 4.79 Å². The van der Waals surface area contributed by atoms with E-state index >= 15 is 0 Å². The van der Waals surface area contributed by atoms with Crippen LogP contribution in [0.1, 0.15) is 290 Å². The Kier molecular flexibility index (Phi) is 51.7. The Hall–Kier alpha value is -2.25. The zero-order chi connectivity index (χ0) is 68.2. The van der Waals surface area contributed by atoms with Gasteiger partial charge >= 0.3 is 0 Å². The second-order valence-electron chi connectivity index (χ2n) is 27.1. The predicted octanol–water partition coefficient (Wildman–Crippen LogP) is 11.3. The van der Waals surface area contributed by atoms with Gasteiger partial charge in [-0.1, -0.05) is 281 Å². The fraction of sp³-hybridized carbons (Fsp3) is 0.880. The molecule has 94 heavy (non-hydrogen) atoms. The van der Waals surface area contributed by atoms with Crippen molar-refractivity contribution in [2.24, 2.45) is 0 Å². The van der Waals surface area contributed by atoms with Gasteiger partial charge in [0.25, 0.3) is 0 Å². The van der Waals surface area contributed by atoms with Crippen LogP contribution in [0.3, 0.4) is 0 Å². The van der Waals surface area contributed by atoms with Crippen molar-refractivity contribution in [1.82, 2.24) is 5.32 Å². The highest BCUT2D eigenvalue weighted by Crippen LogP contribution is 2.33. The molecule has 0 radical (unpaired) electrons. The minimum Gasteiger partial charge on any atom is -0.394 e. The lowest BCUT2D eigenvalue weighted by Crippen LogP contribution is -2.66. The number of hydrogen-bond acceptors (Lipinski definition) is 18. The molecule has 550 valence electrons. The Bertz CT molecular complexity index is 1890. The number of rotatable bonds is 59. The molecule has 19 heteroatoms. The molecule has 0 saturated carbocycles. The van der Waals surface area contributed by atoms with Gasteiger partial charge in [0.2, 0.25) is 5.91 Å². The Morgan fingerprint density at radius 1 is 0.394 bits per heavy atom. The van der Waals surface area contributed by atoms with E-state index in [-0.39, 0.29) is 18.9 Å². The average Bonchev–Trinajstić information content (AvgIpc) is 0.787. The summed E-state index contributed by atoms with van der Waals surface area (Å²) in [6.45, 7) is 1.72. The van der Waals surface area contributed by atoms with E-state index in [0.717, 1.165) is 70.6 Å². The van der Waals surface area contributed by atoms with Gasteiger partial charge in [-0.05, 0) is 51.4 Å². The van der Waals surface area contributed by atoms with Crippen LogP contribution in [0.2, 0.25) is 0 Å². The summed E-state index contributed by atoms with van der Waals surface area (Å²) in [4.78, 5) is 13.5. The highest BCUT2D eigenvalue weighted by Gasteiger charge is 2.53. The third kappa shape index (κ3) is 37.3. The Labute approximate surface area is 567 Å². The van der Waals surface area contributed by atoms with Gasteiger partial charge in [-0.15, -0.1) is 0 Å². The van der Waals surface area contributed by atoms with Crippen LogP contribution < -0.4 is 5.32 Å². The van der Waals surface area contributed by atoms with Crippen molar-refractivity contribution in [3.05, 3.63) is 48.6 Å². The van der Waals surface area contributed by atoms with Gasteiger partial charge in [0.05, 0.1) is 38.6 Å². The first-order valence-corrected chi connectivity index (χ1v) is 37.9. The van der Waals surface area contributed by atoms with Gasteiger partial charge in [-0.25, -0.2) is 0 Å². The largest absolute Gasteiger partial charge is 0.394 e. The molecule has 0 spiro atoms. The molecule has 0 aromatic carbocycles. The minimum atomic E-state index is -1.97. The van der Waals surface area contributed by atoms with E-state index in [1.165, 1.54) is 186 Å². The SMILES string of the molecule is CC/C=C\C/C=C\C/C=C\C/C=C\CCCCCCCCCCCCCCCCCCC(=O)NC(COC1OC(CO)C(OC2OC(CO)C(OC3OC(CO)C(O)C(O)C3O)C(O)C2O)C(O)C1O)C(O)CCCCCCCCCCCCCCCCCCCCCC. The van der Waals surface area contributed by atoms with E-state index in [1.54, 1.807) is 0 Å². The highest BCUT2D eigenvalue weighted by atomic mass is 16.8. The van der Waals surface area contributed by atoms with Crippen LogP contribution in [0.5, 0.6) is 0 Å². The zero-order valence-electron chi connectivity index (χ0n) is 58.4. The molecule has 19 nitrogen and oxygen atoms in total. The molecule has 3 fully saturated rings. The first-order valence-electron chi connectivity index (χ1n) is 37.9. The van der Waals surface area contributed by atoms with Gasteiger partial charge in [0.1, 0.15) is 73.2 Å². The quantitative estimate of drug-likeness (QED) is 0.0199. The molecule has 0 aromatic rings. The fourth-order valence-electron chi connectivity index (χ4n) is 12.8. The number of aliphatic hydroxyl groups is 11. The Morgan fingerprint density at radius 2 is 0.734 bits per heavy atom. The first-order chi connectivity index (χ1) is 45.8. The molecular formula is C75H137NO18. The van der Waals surface area contributed by atoms with Crippen molar-refractivity contribution in [2.75, 3.05) is 26.4 Å². The van der Waals surface area contributed by atoms with Crippen LogP contribution in [0.15, 0.2) is 48.6 Å². The Balaban J connectivity index is 1.38. The lowest BCUT2D eigenvalue weighted by atomic mass is 9.96. The molecule has 3 aliphatic heterocycles. The van der Waals surface area contributed by atoms with E-state index in [4.69, 9.17) is 28.4 Å². The summed E-state index contributed by atoms with van der Waals surface area (Å²) in [6, 6.07) is -0.888. The fourth-order valence-corrected chi connectivity index (χ4v) is 12.8. The molecule has 3 aliphatic rings. The smallest absolute Gasteiger partial charge is 0.220 e. The molecular weight excluding hydrogens is 1200 g/mol. The van der Waals surface area contributed by atoms with E-state index in [1.807, 2.05) is 0 Å². The number of carbonyl (C=O) groups excluding carboxylic acids is 1. The zero-order valence-corrected chi connectivity index (χ0v) is 58.4. The van der Waals surface area contributed by atoms with Crippen LogP contribution in [0.4, 0.5) is 0 Å². The minimum absolute atomic E-state index is 0.240. The average molecular weight is 1340 g/mol. The number of carbonyl (C=O) groups is 1. The van der Waals surface area contributed by atoms with Crippen molar-refractivity contribution in [3.8, 4) is 0 Å². The molecule has 0 aromatic heterocycles. The third-order valence-electron chi connectivity index (χ3n) is 18.9. The second-order valence-corrected chi connectivity index (χ2v) is 27.1. The van der Waals surface area contributed by atoms with E-state index in [2.05, 4.69) is 67.8 Å². The summed E-state index contributed by atoms with van der Waals surface area (Å²) in [6.07, 6.45) is 41.9. The summed E-state index contributed by atoms with van der Waals surface area (Å²) in [5, 5.41) is 121. The van der Waals surface area contributed by atoms with E-state index < -0.39 is 124 Å². The lowest BCUT2D eigenvalue weighted by molar-refractivity contribution is -0.379. The molecule has 3 saturated heterocycles. The lowest BCUT2D eigenvalue weighted by Gasteiger charge is -2.48.